The fourth-order valence-corrected chi connectivity index (χ4v) is 2.83. The van der Waals surface area contributed by atoms with E-state index in [1.54, 1.807) is 0 Å². The molecular weight excluding hydrogens is 224 g/mol. The summed E-state index contributed by atoms with van der Waals surface area (Å²) in [5.41, 5.74) is 4.10. The van der Waals surface area contributed by atoms with E-state index in [1.807, 2.05) is 11.9 Å². The van der Waals surface area contributed by atoms with Crippen molar-refractivity contribution in [2.75, 3.05) is 7.05 Å². The Balaban J connectivity index is 2.35. The van der Waals surface area contributed by atoms with Crippen molar-refractivity contribution in [2.45, 2.75) is 39.4 Å². The molecule has 1 N–H and O–H groups in total. The predicted octanol–water partition coefficient (Wildman–Crippen LogP) is 1.95. The monoisotopic (exact) mass is 246 g/mol. The molecule has 1 aromatic rings. The zero-order valence-electron chi connectivity index (χ0n) is 11.4. The van der Waals surface area contributed by atoms with E-state index < -0.39 is 0 Å². The van der Waals surface area contributed by atoms with Crippen LogP contribution in [-0.4, -0.2) is 24.4 Å². The molecular formula is C15H22N2O. The number of carbonyl (C=O) groups excluding carboxylic acids is 1. The first-order valence-electron chi connectivity index (χ1n) is 6.62. The van der Waals surface area contributed by atoms with Gasteiger partial charge in [0.2, 0.25) is 6.41 Å². The van der Waals surface area contributed by atoms with E-state index >= 15 is 0 Å². The minimum atomic E-state index is 0.327. The number of fused-ring (bicyclic) bond motifs is 1. The molecule has 1 aromatic carbocycles. The van der Waals surface area contributed by atoms with Gasteiger partial charge in [-0.25, -0.2) is 0 Å². The molecule has 0 spiro atoms. The number of hydrogen-bond acceptors (Lipinski definition) is 2. The lowest BCUT2D eigenvalue weighted by Gasteiger charge is -2.37. The zero-order valence-corrected chi connectivity index (χ0v) is 11.4. The van der Waals surface area contributed by atoms with Gasteiger partial charge in [0, 0.05) is 19.1 Å². The van der Waals surface area contributed by atoms with Crippen molar-refractivity contribution in [1.29, 1.82) is 0 Å². The van der Waals surface area contributed by atoms with E-state index in [2.05, 4.69) is 37.4 Å². The minimum Gasteiger partial charge on any atom is -0.337 e. The van der Waals surface area contributed by atoms with Gasteiger partial charge in [-0.3, -0.25) is 4.79 Å². The molecule has 0 aliphatic carbocycles. The van der Waals surface area contributed by atoms with Gasteiger partial charge >= 0.3 is 0 Å². The molecule has 0 saturated heterocycles. The van der Waals surface area contributed by atoms with Crippen molar-refractivity contribution < 1.29 is 4.79 Å². The summed E-state index contributed by atoms with van der Waals surface area (Å²) in [7, 11) is 1.97. The summed E-state index contributed by atoms with van der Waals surface area (Å²) < 4.78 is 0. The molecule has 0 bridgehead atoms. The standard InChI is InChI=1S/C15H22N2O/c1-11(2)15-7-14-12(8-16-3)5-4-6-13(14)9-17(15)10-18/h4-6,10-11,15-16H,7-9H2,1-3H3. The van der Waals surface area contributed by atoms with Gasteiger partial charge in [-0.1, -0.05) is 32.0 Å². The molecule has 0 fully saturated rings. The second-order valence-electron chi connectivity index (χ2n) is 5.38. The molecule has 0 radical (unpaired) electrons. The average Bonchev–Trinajstić information content (AvgIpc) is 2.37. The largest absolute Gasteiger partial charge is 0.337 e. The Kier molecular flexibility index (Phi) is 4.02. The Morgan fingerprint density at radius 1 is 1.50 bits per heavy atom. The maximum absolute atomic E-state index is 11.2. The molecule has 2 rings (SSSR count). The highest BCUT2D eigenvalue weighted by Gasteiger charge is 2.28. The molecule has 18 heavy (non-hydrogen) atoms. The third kappa shape index (κ3) is 2.41. The predicted molar refractivity (Wildman–Crippen MR) is 73.1 cm³/mol. The average molecular weight is 246 g/mol. The van der Waals surface area contributed by atoms with Crippen molar-refractivity contribution in [2.24, 2.45) is 5.92 Å². The van der Waals surface area contributed by atoms with Crippen LogP contribution in [0.4, 0.5) is 0 Å². The minimum absolute atomic E-state index is 0.327. The molecule has 1 aliphatic rings. The van der Waals surface area contributed by atoms with Crippen LogP contribution < -0.4 is 5.32 Å². The van der Waals surface area contributed by atoms with Crippen molar-refractivity contribution in [3.8, 4) is 0 Å². The van der Waals surface area contributed by atoms with Gasteiger partial charge in [-0.15, -0.1) is 0 Å². The number of hydrogen-bond donors (Lipinski definition) is 1. The molecule has 0 aromatic heterocycles. The quantitative estimate of drug-likeness (QED) is 0.824. The van der Waals surface area contributed by atoms with E-state index in [-0.39, 0.29) is 0 Å². The van der Waals surface area contributed by atoms with Gasteiger partial charge in [0.05, 0.1) is 0 Å². The van der Waals surface area contributed by atoms with Gasteiger partial charge < -0.3 is 10.2 Å². The number of nitrogens with one attached hydrogen (secondary N) is 1. The SMILES string of the molecule is CNCc1cccc2c1CC(C(C)C)N(C=O)C2. The molecule has 1 amide bonds. The normalized spacial score (nSPS) is 18.9. The highest BCUT2D eigenvalue weighted by Crippen LogP contribution is 2.28. The smallest absolute Gasteiger partial charge is 0.210 e. The number of benzene rings is 1. The van der Waals surface area contributed by atoms with Crippen LogP contribution in [0.3, 0.4) is 0 Å². The van der Waals surface area contributed by atoms with E-state index in [0.29, 0.717) is 12.0 Å². The maximum Gasteiger partial charge on any atom is 0.210 e. The summed E-state index contributed by atoms with van der Waals surface area (Å²) in [5.74, 6) is 0.492. The highest BCUT2D eigenvalue weighted by molar-refractivity contribution is 5.51. The van der Waals surface area contributed by atoms with Crippen LogP contribution in [0.2, 0.25) is 0 Å². The number of rotatable bonds is 4. The van der Waals surface area contributed by atoms with Gasteiger partial charge in [-0.05, 0) is 36.1 Å². The second-order valence-corrected chi connectivity index (χ2v) is 5.38. The molecule has 3 heteroatoms. The van der Waals surface area contributed by atoms with Crippen LogP contribution in [0.5, 0.6) is 0 Å². The Hall–Kier alpha value is -1.35. The Morgan fingerprint density at radius 3 is 2.89 bits per heavy atom. The fourth-order valence-electron chi connectivity index (χ4n) is 2.83. The van der Waals surface area contributed by atoms with Crippen LogP contribution in [0.25, 0.3) is 0 Å². The van der Waals surface area contributed by atoms with Gasteiger partial charge in [0.1, 0.15) is 0 Å². The third-order valence-corrected chi connectivity index (χ3v) is 3.83. The third-order valence-electron chi connectivity index (χ3n) is 3.83. The maximum atomic E-state index is 11.2. The highest BCUT2D eigenvalue weighted by atomic mass is 16.1. The van der Waals surface area contributed by atoms with Crippen LogP contribution in [0, 0.1) is 5.92 Å². The molecule has 1 atom stereocenters. The topological polar surface area (TPSA) is 32.3 Å². The van der Waals surface area contributed by atoms with E-state index in [0.717, 1.165) is 25.9 Å². The van der Waals surface area contributed by atoms with Crippen LogP contribution >= 0.6 is 0 Å². The summed E-state index contributed by atoms with van der Waals surface area (Å²) in [5, 5.41) is 3.22. The Morgan fingerprint density at radius 2 is 2.28 bits per heavy atom. The van der Waals surface area contributed by atoms with Crippen LogP contribution in [0.1, 0.15) is 30.5 Å². The van der Waals surface area contributed by atoms with Crippen molar-refractivity contribution in [3.05, 3.63) is 34.9 Å². The summed E-state index contributed by atoms with van der Waals surface area (Å²) >= 11 is 0. The van der Waals surface area contributed by atoms with E-state index in [4.69, 9.17) is 0 Å². The zero-order chi connectivity index (χ0) is 13.1. The molecule has 0 saturated carbocycles. The summed E-state index contributed by atoms with van der Waals surface area (Å²) in [6.07, 6.45) is 1.97. The van der Waals surface area contributed by atoms with E-state index in [9.17, 15) is 4.79 Å². The lowest BCUT2D eigenvalue weighted by molar-refractivity contribution is -0.122. The molecule has 1 unspecified atom stereocenters. The lowest BCUT2D eigenvalue weighted by Crippen LogP contribution is -2.43. The summed E-state index contributed by atoms with van der Waals surface area (Å²) in [4.78, 5) is 13.1. The molecule has 1 heterocycles. The Bertz CT molecular complexity index is 429. The van der Waals surface area contributed by atoms with Crippen molar-refractivity contribution in [3.63, 3.8) is 0 Å². The molecule has 3 nitrogen and oxygen atoms in total. The second kappa shape index (κ2) is 5.53. The van der Waals surface area contributed by atoms with Crippen molar-refractivity contribution >= 4 is 6.41 Å². The first-order chi connectivity index (χ1) is 8.67. The molecule has 98 valence electrons. The van der Waals surface area contributed by atoms with Gasteiger partial charge in [0.25, 0.3) is 0 Å². The number of nitrogens with zero attached hydrogens (tertiary/aromatic N) is 1. The fraction of sp³-hybridized carbons (Fsp3) is 0.533. The summed E-state index contributed by atoms with van der Waals surface area (Å²) in [6, 6.07) is 6.74. The van der Waals surface area contributed by atoms with Crippen LogP contribution in [-0.2, 0) is 24.3 Å². The number of carbonyl (C=O) groups is 1. The number of amides is 1. The first kappa shape index (κ1) is 13.1. The van der Waals surface area contributed by atoms with E-state index in [1.165, 1.54) is 16.7 Å². The summed E-state index contributed by atoms with van der Waals surface area (Å²) in [6.45, 7) is 6.02. The van der Waals surface area contributed by atoms with Crippen LogP contribution in [0.15, 0.2) is 18.2 Å². The first-order valence-corrected chi connectivity index (χ1v) is 6.62. The lowest BCUT2D eigenvalue weighted by atomic mass is 9.86. The van der Waals surface area contributed by atoms with Gasteiger partial charge in [0.15, 0.2) is 0 Å². The van der Waals surface area contributed by atoms with Gasteiger partial charge in [-0.2, -0.15) is 0 Å². The molecule has 1 aliphatic heterocycles. The Labute approximate surface area is 109 Å². The van der Waals surface area contributed by atoms with Crippen molar-refractivity contribution in [1.82, 2.24) is 10.2 Å².